The van der Waals surface area contributed by atoms with Crippen LogP contribution in [-0.2, 0) is 17.8 Å². The molecule has 0 unspecified atom stereocenters. The molecule has 2 aromatic rings. The number of carbonyl (C=O) groups is 2. The second-order valence-electron chi connectivity index (χ2n) is 6.71. The van der Waals surface area contributed by atoms with Gasteiger partial charge in [-0.25, -0.2) is 8.78 Å². The molecular weight excluding hydrogens is 350 g/mol. The molecule has 0 aliphatic carbocycles. The number of aryl methyl sites for hydroxylation is 1. The lowest BCUT2D eigenvalue weighted by atomic mass is 10.1. The fourth-order valence-electron chi connectivity index (χ4n) is 3.19. The molecule has 3 rings (SSSR count). The van der Waals surface area contributed by atoms with Crippen molar-refractivity contribution in [3.05, 3.63) is 70.8 Å². The van der Waals surface area contributed by atoms with Gasteiger partial charge in [-0.05, 0) is 60.7 Å². The maximum absolute atomic E-state index is 13.6. The molecule has 1 aliphatic rings. The largest absolute Gasteiger partial charge is 0.352 e. The lowest BCUT2D eigenvalue weighted by molar-refractivity contribution is -0.121. The van der Waals surface area contributed by atoms with E-state index in [1.54, 1.807) is 18.2 Å². The fourth-order valence-corrected chi connectivity index (χ4v) is 3.19. The summed E-state index contributed by atoms with van der Waals surface area (Å²) < 4.78 is 26.7. The van der Waals surface area contributed by atoms with Gasteiger partial charge >= 0.3 is 0 Å². The number of carbonyl (C=O) groups excluding carboxylic acids is 2. The highest BCUT2D eigenvalue weighted by Crippen LogP contribution is 2.15. The Labute approximate surface area is 157 Å². The summed E-state index contributed by atoms with van der Waals surface area (Å²) in [6.07, 6.45) is 2.26. The Morgan fingerprint density at radius 3 is 2.59 bits per heavy atom. The topological polar surface area (TPSA) is 49.4 Å². The molecule has 1 heterocycles. The molecule has 2 amide bonds. The van der Waals surface area contributed by atoms with Crippen molar-refractivity contribution in [3.8, 4) is 0 Å². The van der Waals surface area contributed by atoms with Crippen molar-refractivity contribution < 1.29 is 18.4 Å². The quantitative estimate of drug-likeness (QED) is 0.844. The van der Waals surface area contributed by atoms with E-state index in [0.717, 1.165) is 49.7 Å². The summed E-state index contributed by atoms with van der Waals surface area (Å²) in [4.78, 5) is 26.3. The summed E-state index contributed by atoms with van der Waals surface area (Å²) in [5.41, 5.74) is 1.62. The molecule has 27 heavy (non-hydrogen) atoms. The average molecular weight is 372 g/mol. The van der Waals surface area contributed by atoms with Crippen molar-refractivity contribution in [2.45, 2.75) is 32.2 Å². The zero-order valence-electron chi connectivity index (χ0n) is 15.0. The highest BCUT2D eigenvalue weighted by Gasteiger charge is 2.19. The van der Waals surface area contributed by atoms with E-state index in [9.17, 15) is 18.4 Å². The maximum Gasteiger partial charge on any atom is 0.253 e. The Morgan fingerprint density at radius 2 is 1.81 bits per heavy atom. The first-order valence-electron chi connectivity index (χ1n) is 9.12. The summed E-state index contributed by atoms with van der Waals surface area (Å²) in [6.45, 7) is 1.86. The second-order valence-corrected chi connectivity index (χ2v) is 6.71. The molecule has 4 nitrogen and oxygen atoms in total. The second kappa shape index (κ2) is 8.75. The van der Waals surface area contributed by atoms with Crippen LogP contribution in [0.3, 0.4) is 0 Å². The number of hydrogen-bond acceptors (Lipinski definition) is 2. The normalized spacial score (nSPS) is 13.6. The van der Waals surface area contributed by atoms with Crippen molar-refractivity contribution in [2.75, 3.05) is 13.1 Å². The number of nitrogens with one attached hydrogen (secondary N) is 1. The molecule has 1 aliphatic heterocycles. The summed E-state index contributed by atoms with van der Waals surface area (Å²) in [7, 11) is 0. The first kappa shape index (κ1) is 19.0. The molecule has 0 spiro atoms. The van der Waals surface area contributed by atoms with Crippen molar-refractivity contribution in [2.24, 2.45) is 0 Å². The monoisotopic (exact) mass is 372 g/mol. The van der Waals surface area contributed by atoms with E-state index in [1.807, 2.05) is 11.0 Å². The molecule has 1 saturated heterocycles. The molecule has 2 aromatic carbocycles. The number of halogens is 2. The van der Waals surface area contributed by atoms with Crippen molar-refractivity contribution in [1.29, 1.82) is 0 Å². The first-order chi connectivity index (χ1) is 13.0. The molecule has 0 radical (unpaired) electrons. The van der Waals surface area contributed by atoms with Crippen molar-refractivity contribution in [3.63, 3.8) is 0 Å². The predicted molar refractivity (Wildman–Crippen MR) is 98.1 cm³/mol. The minimum atomic E-state index is -0.522. The van der Waals surface area contributed by atoms with Crippen LogP contribution in [0.1, 0.15) is 40.7 Å². The maximum atomic E-state index is 13.6. The van der Waals surface area contributed by atoms with Crippen LogP contribution in [0.15, 0.2) is 42.5 Å². The van der Waals surface area contributed by atoms with E-state index >= 15 is 0 Å². The van der Waals surface area contributed by atoms with Gasteiger partial charge in [0.2, 0.25) is 5.91 Å². The van der Waals surface area contributed by atoms with Gasteiger partial charge in [0.15, 0.2) is 0 Å². The highest BCUT2D eigenvalue weighted by molar-refractivity contribution is 5.94. The number of likely N-dealkylation sites (tertiary alicyclic amines) is 1. The molecule has 0 atom stereocenters. The Balaban J connectivity index is 1.52. The minimum Gasteiger partial charge on any atom is -0.352 e. The molecule has 0 aromatic heterocycles. The van der Waals surface area contributed by atoms with Crippen LogP contribution in [-0.4, -0.2) is 29.8 Å². The van der Waals surface area contributed by atoms with Crippen LogP contribution in [0, 0.1) is 11.6 Å². The summed E-state index contributed by atoms with van der Waals surface area (Å²) in [5, 5.41) is 2.76. The van der Waals surface area contributed by atoms with Crippen LogP contribution in [0.25, 0.3) is 0 Å². The molecule has 1 N–H and O–H groups in total. The molecule has 0 bridgehead atoms. The van der Waals surface area contributed by atoms with E-state index in [0.29, 0.717) is 5.56 Å². The number of nitrogens with zero attached hydrogens (tertiary/aromatic N) is 1. The van der Waals surface area contributed by atoms with E-state index in [-0.39, 0.29) is 36.8 Å². The van der Waals surface area contributed by atoms with Gasteiger partial charge in [-0.3, -0.25) is 9.59 Å². The van der Waals surface area contributed by atoms with Crippen LogP contribution < -0.4 is 5.32 Å². The average Bonchev–Trinajstić information content (AvgIpc) is 3.21. The minimum absolute atomic E-state index is 0.0160. The number of benzene rings is 2. The molecule has 1 fully saturated rings. The zero-order chi connectivity index (χ0) is 19.2. The van der Waals surface area contributed by atoms with E-state index in [2.05, 4.69) is 5.32 Å². The smallest absolute Gasteiger partial charge is 0.253 e. The van der Waals surface area contributed by atoms with E-state index in [4.69, 9.17) is 0 Å². The third-order valence-corrected chi connectivity index (χ3v) is 4.69. The third-order valence-electron chi connectivity index (χ3n) is 4.69. The van der Waals surface area contributed by atoms with E-state index in [1.165, 1.54) is 0 Å². The summed E-state index contributed by atoms with van der Waals surface area (Å²) in [6, 6.07) is 10.4. The van der Waals surface area contributed by atoms with Gasteiger partial charge in [-0.2, -0.15) is 0 Å². The Hall–Kier alpha value is -2.76. The number of hydrogen-bond donors (Lipinski definition) is 1. The predicted octanol–water partition coefficient (Wildman–Crippen LogP) is 3.45. The molecule has 142 valence electrons. The fraction of sp³-hybridized carbons (Fsp3) is 0.333. The van der Waals surface area contributed by atoms with Crippen LogP contribution >= 0.6 is 0 Å². The standard InChI is InChI=1S/C21H22F2N2O2/c22-18-7-8-19(23)16(13-18)6-9-20(26)24-14-15-4-3-5-17(12-15)21(27)25-10-1-2-11-25/h3-5,7-8,12-13H,1-2,6,9-11,14H2,(H,24,26). The SMILES string of the molecule is O=C(CCc1cc(F)ccc1F)NCc1cccc(C(=O)N2CCCC2)c1. The zero-order valence-corrected chi connectivity index (χ0v) is 15.0. The summed E-state index contributed by atoms with van der Waals surface area (Å²) >= 11 is 0. The van der Waals surface area contributed by atoms with Crippen LogP contribution in [0.4, 0.5) is 8.78 Å². The van der Waals surface area contributed by atoms with Crippen molar-refractivity contribution >= 4 is 11.8 Å². The number of rotatable bonds is 6. The molecule has 0 saturated carbocycles. The molecule has 6 heteroatoms. The lowest BCUT2D eigenvalue weighted by Crippen LogP contribution is -2.28. The van der Waals surface area contributed by atoms with Gasteiger partial charge in [0.05, 0.1) is 0 Å². The Bertz CT molecular complexity index is 833. The highest BCUT2D eigenvalue weighted by atomic mass is 19.1. The van der Waals surface area contributed by atoms with Gasteiger partial charge in [0, 0.05) is 31.6 Å². The third kappa shape index (κ3) is 5.12. The van der Waals surface area contributed by atoms with Gasteiger partial charge < -0.3 is 10.2 Å². The van der Waals surface area contributed by atoms with Gasteiger partial charge in [-0.1, -0.05) is 12.1 Å². The number of amides is 2. The van der Waals surface area contributed by atoms with Gasteiger partial charge in [-0.15, -0.1) is 0 Å². The summed E-state index contributed by atoms with van der Waals surface area (Å²) in [5.74, 6) is -1.28. The van der Waals surface area contributed by atoms with Gasteiger partial charge in [0.1, 0.15) is 11.6 Å². The van der Waals surface area contributed by atoms with Crippen LogP contribution in [0.5, 0.6) is 0 Å². The van der Waals surface area contributed by atoms with E-state index < -0.39 is 11.6 Å². The van der Waals surface area contributed by atoms with Crippen molar-refractivity contribution in [1.82, 2.24) is 10.2 Å². The molecular formula is C21H22F2N2O2. The first-order valence-corrected chi connectivity index (χ1v) is 9.12. The van der Waals surface area contributed by atoms with Gasteiger partial charge in [0.25, 0.3) is 5.91 Å². The Kier molecular flexibility index (Phi) is 6.16. The lowest BCUT2D eigenvalue weighted by Gasteiger charge is -2.15. The Morgan fingerprint density at radius 1 is 1.04 bits per heavy atom. The van der Waals surface area contributed by atoms with Crippen LogP contribution in [0.2, 0.25) is 0 Å².